The van der Waals surface area contributed by atoms with Crippen molar-refractivity contribution in [1.82, 2.24) is 9.97 Å². The van der Waals surface area contributed by atoms with Crippen LogP contribution in [0.2, 0.25) is 0 Å². The molecule has 0 saturated carbocycles. The summed E-state index contributed by atoms with van der Waals surface area (Å²) in [5, 5.41) is 16.4. The summed E-state index contributed by atoms with van der Waals surface area (Å²) in [7, 11) is 0. The molecule has 260 valence electrons. The zero-order valence-corrected chi connectivity index (χ0v) is 31.5. The summed E-state index contributed by atoms with van der Waals surface area (Å²) in [6, 6.07) is 48.7. The van der Waals surface area contributed by atoms with Crippen LogP contribution in [-0.2, 0) is 0 Å². The first-order chi connectivity index (χ1) is 26.4. The van der Waals surface area contributed by atoms with Crippen LogP contribution in [0.3, 0.4) is 0 Å². The molecule has 0 fully saturated rings. The molecule has 0 unspecified atom stereocenters. The fourth-order valence-electron chi connectivity index (χ4n) is 6.06. The van der Waals surface area contributed by atoms with E-state index >= 15 is 0 Å². The van der Waals surface area contributed by atoms with Crippen LogP contribution in [-0.4, -0.2) is 21.8 Å². The number of amides is 2. The molecule has 0 aliphatic heterocycles. The average molecular weight is 833 g/mol. The average Bonchev–Trinajstić information content (AvgIpc) is 3.20. The van der Waals surface area contributed by atoms with Crippen molar-refractivity contribution in [1.29, 1.82) is 0 Å². The number of para-hydroxylation sites is 2. The Morgan fingerprint density at radius 3 is 1.56 bits per heavy atom. The molecule has 2 N–H and O–H groups in total. The minimum Gasteiger partial charge on any atom is -0.322 e. The Labute approximate surface area is 327 Å². The van der Waals surface area contributed by atoms with Crippen LogP contribution < -0.4 is 10.6 Å². The van der Waals surface area contributed by atoms with Crippen LogP contribution in [0.1, 0.15) is 20.7 Å². The van der Waals surface area contributed by atoms with E-state index in [0.717, 1.165) is 20.1 Å². The first-order valence-corrected chi connectivity index (χ1v) is 18.5. The van der Waals surface area contributed by atoms with Gasteiger partial charge in [0.1, 0.15) is 5.69 Å². The zero-order chi connectivity index (χ0) is 37.0. The third kappa shape index (κ3) is 7.57. The van der Waals surface area contributed by atoms with Gasteiger partial charge in [-0.15, -0.1) is 5.11 Å². The Bertz CT molecular complexity index is 2720. The van der Waals surface area contributed by atoms with Gasteiger partial charge < -0.3 is 10.6 Å². The number of hydrogen-bond acceptors (Lipinski definition) is 6. The topological polar surface area (TPSA) is 109 Å². The molecule has 0 atom stereocenters. The Hall–Kier alpha value is -6.36. The van der Waals surface area contributed by atoms with Gasteiger partial charge in [0.25, 0.3) is 11.8 Å². The Morgan fingerprint density at radius 1 is 0.500 bits per heavy atom. The minimum atomic E-state index is -0.370. The number of pyridine rings is 2. The highest BCUT2D eigenvalue weighted by atomic mass is 79.9. The molecule has 0 radical (unpaired) electrons. The van der Waals surface area contributed by atoms with Gasteiger partial charge in [0.2, 0.25) is 0 Å². The fourth-order valence-corrected chi connectivity index (χ4v) is 6.59. The second kappa shape index (κ2) is 15.3. The third-order valence-corrected chi connectivity index (χ3v) is 9.79. The first kappa shape index (κ1) is 34.7. The molecule has 2 aromatic heterocycles. The zero-order valence-electron chi connectivity index (χ0n) is 28.4. The van der Waals surface area contributed by atoms with Crippen LogP contribution in [0, 0.1) is 0 Å². The van der Waals surface area contributed by atoms with Gasteiger partial charge in [0.05, 0.1) is 44.9 Å². The summed E-state index contributed by atoms with van der Waals surface area (Å²) in [5.41, 5.74) is 7.21. The van der Waals surface area contributed by atoms with Gasteiger partial charge in [-0.3, -0.25) is 9.59 Å². The summed E-state index contributed by atoms with van der Waals surface area (Å²) in [5.74, 6) is -0.701. The Morgan fingerprint density at radius 2 is 1.00 bits per heavy atom. The summed E-state index contributed by atoms with van der Waals surface area (Å²) >= 11 is 6.99. The van der Waals surface area contributed by atoms with Crippen molar-refractivity contribution >= 4 is 88.2 Å². The number of fused-ring (bicyclic) bond motifs is 2. The summed E-state index contributed by atoms with van der Waals surface area (Å²) in [6.45, 7) is 0. The van der Waals surface area contributed by atoms with Crippen molar-refractivity contribution in [3.63, 3.8) is 0 Å². The first-order valence-electron chi connectivity index (χ1n) is 16.9. The quantitative estimate of drug-likeness (QED) is 0.149. The third-order valence-electron chi connectivity index (χ3n) is 8.73. The molecule has 10 heteroatoms. The number of aromatic nitrogens is 2. The monoisotopic (exact) mass is 830 g/mol. The molecule has 8 rings (SSSR count). The SMILES string of the molecule is O=C(Nc1ccc(N=Nc2ccccc2)c(NC(=O)c2cc(-c3ccc(Br)cc3)nc3ccccc23)c1)c1cc(-c2ccc(Br)cc2)nc2ccccc12. The summed E-state index contributed by atoms with van der Waals surface area (Å²) < 4.78 is 1.89. The minimum absolute atomic E-state index is 0.331. The normalized spacial score (nSPS) is 11.2. The van der Waals surface area contributed by atoms with E-state index in [0.29, 0.717) is 67.1 Å². The second-order valence-electron chi connectivity index (χ2n) is 12.3. The van der Waals surface area contributed by atoms with Crippen molar-refractivity contribution in [2.45, 2.75) is 0 Å². The number of carbonyl (C=O) groups excluding carboxylic acids is 2. The highest BCUT2D eigenvalue weighted by Gasteiger charge is 2.19. The maximum atomic E-state index is 14.3. The smallest absolute Gasteiger partial charge is 0.256 e. The molecule has 6 aromatic carbocycles. The molecule has 2 heterocycles. The molecule has 8 nitrogen and oxygen atoms in total. The predicted octanol–water partition coefficient (Wildman–Crippen LogP) is 12.6. The van der Waals surface area contributed by atoms with Gasteiger partial charge in [-0.25, -0.2) is 9.97 Å². The number of azo groups is 1. The van der Waals surface area contributed by atoms with Crippen molar-refractivity contribution in [3.05, 3.63) is 178 Å². The molecule has 0 aliphatic rings. The second-order valence-corrected chi connectivity index (χ2v) is 14.2. The number of nitrogens with one attached hydrogen (secondary N) is 2. The molecule has 0 saturated heterocycles. The maximum absolute atomic E-state index is 14.3. The summed E-state index contributed by atoms with van der Waals surface area (Å²) in [4.78, 5) is 38.0. The van der Waals surface area contributed by atoms with Gasteiger partial charge >= 0.3 is 0 Å². The van der Waals surface area contributed by atoms with Crippen LogP contribution in [0.15, 0.2) is 177 Å². The molecular weight excluding hydrogens is 804 g/mol. The molecule has 0 aliphatic carbocycles. The molecule has 54 heavy (non-hydrogen) atoms. The van der Waals surface area contributed by atoms with Gasteiger partial charge in [0.15, 0.2) is 0 Å². The lowest BCUT2D eigenvalue weighted by Gasteiger charge is -2.14. The number of nitrogens with zero attached hydrogens (tertiary/aromatic N) is 4. The van der Waals surface area contributed by atoms with Crippen LogP contribution in [0.25, 0.3) is 44.3 Å². The van der Waals surface area contributed by atoms with E-state index in [1.165, 1.54) is 0 Å². The fraction of sp³-hybridized carbons (Fsp3) is 0. The van der Waals surface area contributed by atoms with Crippen molar-refractivity contribution in [2.75, 3.05) is 10.6 Å². The van der Waals surface area contributed by atoms with Crippen LogP contribution >= 0.6 is 31.9 Å². The van der Waals surface area contributed by atoms with Gasteiger partial charge in [-0.05, 0) is 78.9 Å². The number of halogens is 2. The van der Waals surface area contributed by atoms with E-state index < -0.39 is 0 Å². The molecule has 0 spiro atoms. The maximum Gasteiger partial charge on any atom is 0.256 e. The largest absolute Gasteiger partial charge is 0.322 e. The van der Waals surface area contributed by atoms with Gasteiger partial charge in [-0.2, -0.15) is 5.11 Å². The molecule has 0 bridgehead atoms. The van der Waals surface area contributed by atoms with E-state index in [9.17, 15) is 9.59 Å². The lowest BCUT2D eigenvalue weighted by Crippen LogP contribution is -2.15. The van der Waals surface area contributed by atoms with E-state index in [1.54, 1.807) is 30.3 Å². The number of anilines is 2. The van der Waals surface area contributed by atoms with Gasteiger partial charge in [-0.1, -0.05) is 111 Å². The molecule has 2 amide bonds. The van der Waals surface area contributed by atoms with Crippen LogP contribution in [0.4, 0.5) is 22.7 Å². The predicted molar refractivity (Wildman–Crippen MR) is 223 cm³/mol. The number of carbonyl (C=O) groups is 2. The molecular formula is C44H28Br2N6O2. The number of rotatable bonds is 8. The Balaban J connectivity index is 1.17. The summed E-state index contributed by atoms with van der Waals surface area (Å²) in [6.07, 6.45) is 0. The van der Waals surface area contributed by atoms with E-state index in [-0.39, 0.29) is 11.8 Å². The van der Waals surface area contributed by atoms with Crippen molar-refractivity contribution in [3.8, 4) is 22.5 Å². The van der Waals surface area contributed by atoms with Gasteiger partial charge in [0, 0.05) is 36.5 Å². The number of benzene rings is 6. The molecule has 8 aromatic rings. The van der Waals surface area contributed by atoms with Crippen molar-refractivity contribution < 1.29 is 9.59 Å². The highest BCUT2D eigenvalue weighted by Crippen LogP contribution is 2.33. The van der Waals surface area contributed by atoms with E-state index in [4.69, 9.17) is 9.97 Å². The van der Waals surface area contributed by atoms with E-state index in [1.807, 2.05) is 127 Å². The number of hydrogen-bond donors (Lipinski definition) is 2. The highest BCUT2D eigenvalue weighted by molar-refractivity contribution is 9.10. The Kier molecular flexibility index (Phi) is 9.85. The van der Waals surface area contributed by atoms with E-state index in [2.05, 4.69) is 52.7 Å². The van der Waals surface area contributed by atoms with Crippen molar-refractivity contribution in [2.24, 2.45) is 10.2 Å². The standard InChI is InChI=1S/C44H28Br2N6O2/c45-29-18-14-27(15-19-29)40-25-35(33-10-4-6-12-37(33)48-40)43(53)47-32-22-23-39(52-51-31-8-2-1-3-9-31)42(24-32)50-44(54)36-26-41(28-16-20-30(46)21-17-28)49-38-13-7-5-11-34(36)38/h1-26H,(H,47,53)(H,50,54). The lowest BCUT2D eigenvalue weighted by atomic mass is 10.0. The van der Waals surface area contributed by atoms with Crippen LogP contribution in [0.5, 0.6) is 0 Å². The lowest BCUT2D eigenvalue weighted by molar-refractivity contribution is 0.102.